The zero-order valence-corrected chi connectivity index (χ0v) is 10.4. The van der Waals surface area contributed by atoms with Crippen molar-refractivity contribution in [3.63, 3.8) is 0 Å². The summed E-state index contributed by atoms with van der Waals surface area (Å²) >= 11 is 0. The van der Waals surface area contributed by atoms with Gasteiger partial charge >= 0.3 is 6.18 Å². The van der Waals surface area contributed by atoms with Crippen LogP contribution in [0.4, 0.5) is 13.2 Å². The lowest BCUT2D eigenvalue weighted by Gasteiger charge is -2.33. The van der Waals surface area contributed by atoms with Gasteiger partial charge in [0, 0.05) is 20.2 Å². The van der Waals surface area contributed by atoms with Gasteiger partial charge in [-0.05, 0) is 19.4 Å². The quantitative estimate of drug-likeness (QED) is 0.757. The first kappa shape index (κ1) is 15.2. The van der Waals surface area contributed by atoms with Crippen LogP contribution in [-0.4, -0.2) is 56.9 Å². The van der Waals surface area contributed by atoms with Gasteiger partial charge in [0.1, 0.15) is 0 Å². The van der Waals surface area contributed by atoms with E-state index < -0.39 is 12.1 Å². The molecule has 0 saturated carbocycles. The molecular weight excluding hydrogens is 249 g/mol. The smallest absolute Gasteiger partial charge is 0.383 e. The van der Waals surface area contributed by atoms with Crippen molar-refractivity contribution in [2.24, 2.45) is 5.92 Å². The van der Waals surface area contributed by atoms with E-state index in [0.29, 0.717) is 26.1 Å². The van der Waals surface area contributed by atoms with Gasteiger partial charge < -0.3 is 10.1 Å². The van der Waals surface area contributed by atoms with E-state index in [0.717, 1.165) is 0 Å². The summed E-state index contributed by atoms with van der Waals surface area (Å²) in [4.78, 5) is 13.0. The van der Waals surface area contributed by atoms with Crippen LogP contribution in [0.2, 0.25) is 0 Å². The first-order chi connectivity index (χ1) is 8.43. The summed E-state index contributed by atoms with van der Waals surface area (Å²) in [5.74, 6) is -1.56. The molecule has 1 amide bonds. The number of methoxy groups -OCH3 is 1. The number of halogens is 3. The lowest BCUT2D eigenvalue weighted by molar-refractivity contribution is -0.187. The summed E-state index contributed by atoms with van der Waals surface area (Å²) in [5, 5.41) is 2.60. The van der Waals surface area contributed by atoms with E-state index in [1.54, 1.807) is 4.90 Å². The van der Waals surface area contributed by atoms with Gasteiger partial charge in [0.15, 0.2) is 0 Å². The number of rotatable bonds is 5. The molecule has 18 heavy (non-hydrogen) atoms. The molecule has 1 saturated heterocycles. The summed E-state index contributed by atoms with van der Waals surface area (Å²) in [6, 6.07) is 0. The number of likely N-dealkylation sites (tertiary alicyclic amines) is 1. The monoisotopic (exact) mass is 268 g/mol. The van der Waals surface area contributed by atoms with Gasteiger partial charge in [-0.3, -0.25) is 9.69 Å². The Hall–Kier alpha value is -0.820. The maximum atomic E-state index is 12.6. The van der Waals surface area contributed by atoms with Crippen LogP contribution in [0, 0.1) is 5.92 Å². The standard InChI is InChI=1S/C11H19F3N2O2/c1-18-6-4-15-10(17)8-16-5-2-3-9(7-16)11(12,13)14/h9H,2-8H2,1H3,(H,15,17)/t9-/m0/s1. The Morgan fingerprint density at radius 3 is 2.83 bits per heavy atom. The Kier molecular flexibility index (Phi) is 5.87. The second-order valence-electron chi connectivity index (χ2n) is 4.46. The molecular formula is C11H19F3N2O2. The predicted octanol–water partition coefficient (Wildman–Crippen LogP) is 1.02. The highest BCUT2D eigenvalue weighted by Crippen LogP contribution is 2.32. The molecule has 0 bridgehead atoms. The Labute approximate surface area is 104 Å². The molecule has 1 aliphatic rings. The fourth-order valence-corrected chi connectivity index (χ4v) is 2.02. The Bertz CT molecular complexity index is 272. The summed E-state index contributed by atoms with van der Waals surface area (Å²) in [7, 11) is 1.52. The largest absolute Gasteiger partial charge is 0.393 e. The van der Waals surface area contributed by atoms with Crippen molar-refractivity contribution in [2.45, 2.75) is 19.0 Å². The van der Waals surface area contributed by atoms with Crippen LogP contribution in [0.25, 0.3) is 0 Å². The van der Waals surface area contributed by atoms with E-state index in [1.807, 2.05) is 0 Å². The number of piperidine rings is 1. The van der Waals surface area contributed by atoms with Crippen molar-refractivity contribution >= 4 is 5.91 Å². The minimum absolute atomic E-state index is 0.0241. The summed E-state index contributed by atoms with van der Waals surface area (Å²) in [6.07, 6.45) is -3.52. The molecule has 1 fully saturated rings. The molecule has 1 atom stereocenters. The Morgan fingerprint density at radius 2 is 2.22 bits per heavy atom. The molecule has 4 nitrogen and oxygen atoms in total. The van der Waals surface area contributed by atoms with E-state index in [-0.39, 0.29) is 25.4 Å². The normalized spacial score (nSPS) is 21.9. The van der Waals surface area contributed by atoms with E-state index >= 15 is 0 Å². The zero-order chi connectivity index (χ0) is 13.6. The number of hydrogen-bond acceptors (Lipinski definition) is 3. The number of hydrogen-bond donors (Lipinski definition) is 1. The molecule has 0 radical (unpaired) electrons. The second-order valence-corrected chi connectivity index (χ2v) is 4.46. The van der Waals surface area contributed by atoms with Crippen molar-refractivity contribution in [3.8, 4) is 0 Å². The number of ether oxygens (including phenoxy) is 1. The van der Waals surface area contributed by atoms with Crippen LogP contribution < -0.4 is 5.32 Å². The highest BCUT2D eigenvalue weighted by atomic mass is 19.4. The van der Waals surface area contributed by atoms with Crippen molar-refractivity contribution in [1.82, 2.24) is 10.2 Å². The fraction of sp³-hybridized carbons (Fsp3) is 0.909. The van der Waals surface area contributed by atoms with Crippen LogP contribution in [0.15, 0.2) is 0 Å². The first-order valence-corrected chi connectivity index (χ1v) is 5.98. The van der Waals surface area contributed by atoms with Crippen LogP contribution in [-0.2, 0) is 9.53 Å². The highest BCUT2D eigenvalue weighted by Gasteiger charge is 2.41. The first-order valence-electron chi connectivity index (χ1n) is 5.98. The number of amides is 1. The van der Waals surface area contributed by atoms with E-state index in [2.05, 4.69) is 5.32 Å². The molecule has 1 rings (SSSR count). The third kappa shape index (κ3) is 5.22. The number of nitrogens with one attached hydrogen (secondary N) is 1. The molecule has 0 spiro atoms. The average molecular weight is 268 g/mol. The maximum Gasteiger partial charge on any atom is 0.393 e. The molecule has 106 valence electrons. The second kappa shape index (κ2) is 6.94. The molecule has 0 aromatic carbocycles. The van der Waals surface area contributed by atoms with Gasteiger partial charge in [0.05, 0.1) is 19.1 Å². The highest BCUT2D eigenvalue weighted by molar-refractivity contribution is 5.77. The van der Waals surface area contributed by atoms with Crippen molar-refractivity contribution < 1.29 is 22.7 Å². The summed E-state index contributed by atoms with van der Waals surface area (Å²) in [6.45, 7) is 1.27. The number of alkyl halides is 3. The van der Waals surface area contributed by atoms with Gasteiger partial charge in [-0.25, -0.2) is 0 Å². The maximum absolute atomic E-state index is 12.6. The molecule has 1 heterocycles. The number of carbonyl (C=O) groups excluding carboxylic acids is 1. The van der Waals surface area contributed by atoms with Crippen molar-refractivity contribution in [1.29, 1.82) is 0 Å². The minimum atomic E-state index is -4.16. The van der Waals surface area contributed by atoms with Crippen LogP contribution in [0.3, 0.4) is 0 Å². The number of nitrogens with zero attached hydrogens (tertiary/aromatic N) is 1. The molecule has 0 aromatic rings. The molecule has 0 aliphatic carbocycles. The SMILES string of the molecule is COCCNC(=O)CN1CCC[C@H](C(F)(F)F)C1. The van der Waals surface area contributed by atoms with Crippen LogP contribution in [0.5, 0.6) is 0 Å². The van der Waals surface area contributed by atoms with E-state index in [1.165, 1.54) is 7.11 Å². The topological polar surface area (TPSA) is 41.6 Å². The van der Waals surface area contributed by atoms with Gasteiger partial charge in [-0.1, -0.05) is 0 Å². The average Bonchev–Trinajstić information content (AvgIpc) is 2.28. The molecule has 1 N–H and O–H groups in total. The van der Waals surface area contributed by atoms with E-state index in [4.69, 9.17) is 4.74 Å². The molecule has 0 aromatic heterocycles. The van der Waals surface area contributed by atoms with Gasteiger partial charge in [-0.15, -0.1) is 0 Å². The van der Waals surface area contributed by atoms with Crippen molar-refractivity contribution in [3.05, 3.63) is 0 Å². The van der Waals surface area contributed by atoms with E-state index in [9.17, 15) is 18.0 Å². The van der Waals surface area contributed by atoms with Crippen LogP contribution in [0.1, 0.15) is 12.8 Å². The lowest BCUT2D eigenvalue weighted by Crippen LogP contribution is -2.46. The summed E-state index contributed by atoms with van der Waals surface area (Å²) < 4.78 is 42.4. The van der Waals surface area contributed by atoms with Gasteiger partial charge in [0.2, 0.25) is 5.91 Å². The molecule has 1 aliphatic heterocycles. The van der Waals surface area contributed by atoms with Crippen molar-refractivity contribution in [2.75, 3.05) is 39.9 Å². The minimum Gasteiger partial charge on any atom is -0.383 e. The fourth-order valence-electron chi connectivity index (χ4n) is 2.02. The Balaban J connectivity index is 2.31. The third-order valence-electron chi connectivity index (χ3n) is 2.96. The van der Waals surface area contributed by atoms with Crippen LogP contribution >= 0.6 is 0 Å². The lowest BCUT2D eigenvalue weighted by atomic mass is 9.97. The zero-order valence-electron chi connectivity index (χ0n) is 10.4. The van der Waals surface area contributed by atoms with Gasteiger partial charge in [0.25, 0.3) is 0 Å². The third-order valence-corrected chi connectivity index (χ3v) is 2.96. The van der Waals surface area contributed by atoms with Gasteiger partial charge in [-0.2, -0.15) is 13.2 Å². The Morgan fingerprint density at radius 1 is 1.50 bits per heavy atom. The molecule has 0 unspecified atom stereocenters. The molecule has 7 heteroatoms. The number of carbonyl (C=O) groups is 1. The summed E-state index contributed by atoms with van der Waals surface area (Å²) in [5.41, 5.74) is 0. The predicted molar refractivity (Wildman–Crippen MR) is 60.1 cm³/mol.